The molecule has 0 radical (unpaired) electrons. The van der Waals surface area contributed by atoms with Crippen LogP contribution in [-0.2, 0) is 11.2 Å². The molecule has 1 unspecified atom stereocenters. The van der Waals surface area contributed by atoms with Crippen LogP contribution in [0.5, 0.6) is 0 Å². The Kier molecular flexibility index (Phi) is 11.2. The Morgan fingerprint density at radius 2 is 1.71 bits per heavy atom. The van der Waals surface area contributed by atoms with Crippen molar-refractivity contribution in [3.05, 3.63) is 101 Å². The normalized spacial score (nSPS) is 11.6. The summed E-state index contributed by atoms with van der Waals surface area (Å²) >= 11 is 1.53. The van der Waals surface area contributed by atoms with Crippen LogP contribution in [0.4, 0.5) is 0 Å². The number of hydrogen-bond donors (Lipinski definition) is 1. The monoisotopic (exact) mass is 465 g/mol. The molecule has 4 nitrogen and oxygen atoms in total. The van der Waals surface area contributed by atoms with E-state index < -0.39 is 17.9 Å². The van der Waals surface area contributed by atoms with Crippen molar-refractivity contribution in [1.29, 1.82) is 0 Å². The van der Waals surface area contributed by atoms with Crippen molar-refractivity contribution in [2.75, 3.05) is 12.0 Å². The maximum atomic E-state index is 13.1. The molecule has 34 heavy (non-hydrogen) atoms. The number of thioether (sulfide) groups is 1. The number of nitrogens with one attached hydrogen (secondary N) is 1. The minimum absolute atomic E-state index is 0. The molecule has 3 aromatic carbocycles. The molecule has 0 aliphatic heterocycles. The van der Waals surface area contributed by atoms with Crippen molar-refractivity contribution < 1.29 is 33.6 Å². The first-order valence-corrected chi connectivity index (χ1v) is 12.3. The first-order chi connectivity index (χ1) is 16.0. The molecule has 0 aliphatic rings. The van der Waals surface area contributed by atoms with Gasteiger partial charge in [-0.3, -0.25) is 4.79 Å². The summed E-state index contributed by atoms with van der Waals surface area (Å²) in [6.07, 6.45) is 7.16. The molecule has 3 aromatic rings. The predicted molar refractivity (Wildman–Crippen MR) is 135 cm³/mol. The fourth-order valence-corrected chi connectivity index (χ4v) is 4.10. The SMILES string of the molecule is CSCCC(NC(=O)c1ccc(/C=C/Cc2ccccc2)cc1-c1ccccc1C)C(=O)[O-].[Li+]. The number of carbonyl (C=O) groups is 2. The van der Waals surface area contributed by atoms with E-state index in [1.54, 1.807) is 6.07 Å². The zero-order valence-electron chi connectivity index (χ0n) is 19.9. The second-order valence-corrected chi connectivity index (χ2v) is 8.82. The number of hydrogen-bond acceptors (Lipinski definition) is 4. The first kappa shape index (κ1) is 27.5. The minimum Gasteiger partial charge on any atom is -0.548 e. The van der Waals surface area contributed by atoms with Gasteiger partial charge in [-0.25, -0.2) is 0 Å². The predicted octanol–water partition coefficient (Wildman–Crippen LogP) is 1.52. The van der Waals surface area contributed by atoms with Crippen molar-refractivity contribution in [2.45, 2.75) is 25.8 Å². The minimum atomic E-state index is -1.27. The van der Waals surface area contributed by atoms with E-state index in [4.69, 9.17) is 0 Å². The Morgan fingerprint density at radius 1 is 1.00 bits per heavy atom. The molecular formula is C28H28LiNO3S. The molecule has 0 aliphatic carbocycles. The summed E-state index contributed by atoms with van der Waals surface area (Å²) in [5, 5.41) is 14.2. The van der Waals surface area contributed by atoms with Gasteiger partial charge in [0.15, 0.2) is 0 Å². The molecule has 1 atom stereocenters. The Hall–Kier alpha value is -2.71. The van der Waals surface area contributed by atoms with E-state index in [1.807, 2.05) is 73.9 Å². The second-order valence-electron chi connectivity index (χ2n) is 7.84. The van der Waals surface area contributed by atoms with Crippen LogP contribution >= 0.6 is 11.8 Å². The van der Waals surface area contributed by atoms with E-state index >= 15 is 0 Å². The molecule has 0 spiro atoms. The number of benzene rings is 3. The zero-order chi connectivity index (χ0) is 23.6. The number of carbonyl (C=O) groups excluding carboxylic acids is 2. The van der Waals surface area contributed by atoms with Gasteiger partial charge < -0.3 is 15.2 Å². The second kappa shape index (κ2) is 13.9. The summed E-state index contributed by atoms with van der Waals surface area (Å²) in [5.74, 6) is -1.06. The van der Waals surface area contributed by atoms with E-state index in [0.717, 1.165) is 28.7 Å². The summed E-state index contributed by atoms with van der Waals surface area (Å²) in [5.41, 5.74) is 5.39. The van der Waals surface area contributed by atoms with Crippen LogP contribution in [0, 0.1) is 6.92 Å². The van der Waals surface area contributed by atoms with E-state index in [9.17, 15) is 14.7 Å². The third-order valence-corrected chi connectivity index (χ3v) is 6.07. The molecule has 1 N–H and O–H groups in total. The van der Waals surface area contributed by atoms with Crippen LogP contribution in [0.2, 0.25) is 0 Å². The van der Waals surface area contributed by atoms with Crippen LogP contribution in [0.1, 0.15) is 33.5 Å². The molecular weight excluding hydrogens is 437 g/mol. The number of aryl methyl sites for hydroxylation is 1. The smallest absolute Gasteiger partial charge is 0.548 e. The Balaban J connectivity index is 0.00000408. The van der Waals surface area contributed by atoms with Crippen molar-refractivity contribution in [3.8, 4) is 11.1 Å². The summed E-state index contributed by atoms with van der Waals surface area (Å²) < 4.78 is 0. The van der Waals surface area contributed by atoms with E-state index in [1.165, 1.54) is 17.3 Å². The van der Waals surface area contributed by atoms with Gasteiger partial charge in [0, 0.05) is 5.56 Å². The number of carboxylic acid groups (broad SMARTS) is 1. The van der Waals surface area contributed by atoms with Gasteiger partial charge in [0.25, 0.3) is 5.91 Å². The van der Waals surface area contributed by atoms with Gasteiger partial charge in [-0.1, -0.05) is 72.8 Å². The van der Waals surface area contributed by atoms with Gasteiger partial charge >= 0.3 is 18.9 Å². The molecule has 0 aromatic heterocycles. The standard InChI is InChI=1S/C28H29NO3S.Li/c1-20-9-6-7-14-23(20)25-19-22(13-8-12-21-10-4-3-5-11-21)15-16-24(25)27(30)29-26(28(31)32)17-18-33-2;/h3-11,13-16,19,26H,12,17-18H2,1-2H3,(H,29,30)(H,31,32);/q;+1/p-1/b13-8+;. The summed E-state index contributed by atoms with van der Waals surface area (Å²) in [6, 6.07) is 22.7. The molecule has 0 saturated heterocycles. The average molecular weight is 466 g/mol. The summed E-state index contributed by atoms with van der Waals surface area (Å²) in [4.78, 5) is 24.6. The van der Waals surface area contributed by atoms with Crippen LogP contribution in [0.15, 0.2) is 78.9 Å². The number of allylic oxidation sites excluding steroid dienone is 1. The quantitative estimate of drug-likeness (QED) is 0.461. The first-order valence-electron chi connectivity index (χ1n) is 10.9. The number of carboxylic acids is 1. The number of aliphatic carboxylic acids is 1. The van der Waals surface area contributed by atoms with E-state index in [-0.39, 0.29) is 18.9 Å². The molecule has 0 heterocycles. The Morgan fingerprint density at radius 3 is 2.38 bits per heavy atom. The van der Waals surface area contributed by atoms with Crippen molar-refractivity contribution in [2.24, 2.45) is 0 Å². The van der Waals surface area contributed by atoms with Crippen molar-refractivity contribution >= 4 is 29.7 Å². The maximum Gasteiger partial charge on any atom is 1.00 e. The van der Waals surface area contributed by atoms with Crippen molar-refractivity contribution in [1.82, 2.24) is 5.32 Å². The van der Waals surface area contributed by atoms with Gasteiger partial charge in [0.05, 0.1) is 12.0 Å². The molecule has 0 fully saturated rings. The fourth-order valence-electron chi connectivity index (χ4n) is 3.63. The van der Waals surface area contributed by atoms with Crippen LogP contribution < -0.4 is 29.3 Å². The molecule has 3 rings (SSSR count). The molecule has 170 valence electrons. The summed E-state index contributed by atoms with van der Waals surface area (Å²) in [7, 11) is 0. The summed E-state index contributed by atoms with van der Waals surface area (Å²) in [6.45, 7) is 2.00. The van der Waals surface area contributed by atoms with Crippen LogP contribution in [-0.4, -0.2) is 29.9 Å². The van der Waals surface area contributed by atoms with Gasteiger partial charge in [-0.15, -0.1) is 0 Å². The van der Waals surface area contributed by atoms with E-state index in [2.05, 4.69) is 23.5 Å². The van der Waals surface area contributed by atoms with Gasteiger partial charge in [-0.05, 0) is 71.7 Å². The molecule has 0 saturated carbocycles. The fraction of sp³-hybridized carbons (Fsp3) is 0.214. The number of amides is 1. The van der Waals surface area contributed by atoms with Crippen LogP contribution in [0.3, 0.4) is 0 Å². The zero-order valence-corrected chi connectivity index (χ0v) is 20.7. The topological polar surface area (TPSA) is 69.2 Å². The van der Waals surface area contributed by atoms with Crippen LogP contribution in [0.25, 0.3) is 17.2 Å². The molecule has 0 bridgehead atoms. The number of rotatable bonds is 10. The average Bonchev–Trinajstić information content (AvgIpc) is 2.82. The Labute approximate surface area is 218 Å². The molecule has 1 amide bonds. The largest absolute Gasteiger partial charge is 1.00 e. The third kappa shape index (κ3) is 7.67. The Bertz CT molecular complexity index is 1130. The van der Waals surface area contributed by atoms with Crippen molar-refractivity contribution in [3.63, 3.8) is 0 Å². The van der Waals surface area contributed by atoms with Gasteiger partial charge in [0.1, 0.15) is 0 Å². The maximum absolute atomic E-state index is 13.1. The molecule has 6 heteroatoms. The van der Waals surface area contributed by atoms with Gasteiger partial charge in [0.2, 0.25) is 0 Å². The third-order valence-electron chi connectivity index (χ3n) is 5.43. The van der Waals surface area contributed by atoms with E-state index in [0.29, 0.717) is 17.7 Å². The van der Waals surface area contributed by atoms with Gasteiger partial charge in [-0.2, -0.15) is 11.8 Å².